The van der Waals surface area contributed by atoms with Crippen molar-refractivity contribution >= 4 is 24.0 Å². The third kappa shape index (κ3) is 3.78. The molecule has 0 bridgehead atoms. The summed E-state index contributed by atoms with van der Waals surface area (Å²) < 4.78 is 5.80. The van der Waals surface area contributed by atoms with Crippen LogP contribution in [0.1, 0.15) is 18.4 Å². The number of nitrogens with zero attached hydrogens (tertiary/aromatic N) is 1. The molecule has 3 nitrogen and oxygen atoms in total. The predicted molar refractivity (Wildman–Crippen MR) is 69.9 cm³/mol. The summed E-state index contributed by atoms with van der Waals surface area (Å²) in [4.78, 5) is 0. The van der Waals surface area contributed by atoms with Gasteiger partial charge in [-0.05, 0) is 38.1 Å². The number of rotatable bonds is 2. The monoisotopic (exact) mass is 272 g/mol. The summed E-state index contributed by atoms with van der Waals surface area (Å²) >= 11 is 5.93. The van der Waals surface area contributed by atoms with E-state index in [9.17, 15) is 0 Å². The molecule has 0 atom stereocenters. The van der Waals surface area contributed by atoms with Gasteiger partial charge in [-0.1, -0.05) is 11.6 Å². The number of nitrogens with one attached hydrogen (secondary N) is 1. The molecule has 1 aromatic rings. The first kappa shape index (κ1) is 14.1. The van der Waals surface area contributed by atoms with Crippen molar-refractivity contribution in [2.45, 2.75) is 18.9 Å². The van der Waals surface area contributed by atoms with Crippen LogP contribution < -0.4 is 10.1 Å². The summed E-state index contributed by atoms with van der Waals surface area (Å²) in [5, 5.41) is 12.5. The lowest BCUT2D eigenvalue weighted by molar-refractivity contribution is 0.162. The topological polar surface area (TPSA) is 45.0 Å². The Morgan fingerprint density at radius 3 is 2.65 bits per heavy atom. The Balaban J connectivity index is 0.00000144. The van der Waals surface area contributed by atoms with Gasteiger partial charge in [-0.25, -0.2) is 0 Å². The van der Waals surface area contributed by atoms with E-state index in [1.54, 1.807) is 18.2 Å². The van der Waals surface area contributed by atoms with Crippen molar-refractivity contribution in [2.75, 3.05) is 13.1 Å². The number of benzene rings is 1. The fraction of sp³-hybridized carbons (Fsp3) is 0.417. The first-order valence-electron chi connectivity index (χ1n) is 5.36. The van der Waals surface area contributed by atoms with Gasteiger partial charge in [0.15, 0.2) is 0 Å². The molecule has 1 fully saturated rings. The highest BCUT2D eigenvalue weighted by molar-refractivity contribution is 6.31. The average Bonchev–Trinajstić information content (AvgIpc) is 2.31. The van der Waals surface area contributed by atoms with E-state index in [2.05, 4.69) is 5.32 Å². The Morgan fingerprint density at radius 1 is 1.35 bits per heavy atom. The van der Waals surface area contributed by atoms with Gasteiger partial charge in [-0.2, -0.15) is 5.26 Å². The molecule has 0 radical (unpaired) electrons. The molecular formula is C12H14Cl2N2O. The summed E-state index contributed by atoms with van der Waals surface area (Å²) in [6.45, 7) is 1.99. The normalized spacial score (nSPS) is 15.8. The van der Waals surface area contributed by atoms with E-state index in [0.29, 0.717) is 10.6 Å². The Labute approximate surface area is 112 Å². The van der Waals surface area contributed by atoms with Crippen LogP contribution in [0, 0.1) is 11.3 Å². The lowest BCUT2D eigenvalue weighted by atomic mass is 10.1. The van der Waals surface area contributed by atoms with Crippen molar-refractivity contribution in [3.05, 3.63) is 28.8 Å². The molecule has 0 saturated carbocycles. The van der Waals surface area contributed by atoms with Crippen LogP contribution in [0.4, 0.5) is 0 Å². The van der Waals surface area contributed by atoms with E-state index < -0.39 is 0 Å². The van der Waals surface area contributed by atoms with E-state index >= 15 is 0 Å². The SMILES string of the molecule is Cl.N#Cc1ccc(OC2CCNCC2)cc1Cl. The molecule has 0 spiro atoms. The molecule has 0 unspecified atom stereocenters. The molecule has 0 aliphatic carbocycles. The Bertz CT molecular complexity index is 411. The van der Waals surface area contributed by atoms with Crippen molar-refractivity contribution in [1.82, 2.24) is 5.32 Å². The molecule has 92 valence electrons. The molecule has 2 rings (SSSR count). The number of ether oxygens (including phenoxy) is 1. The highest BCUT2D eigenvalue weighted by Crippen LogP contribution is 2.24. The second kappa shape index (κ2) is 6.70. The quantitative estimate of drug-likeness (QED) is 0.901. The molecule has 1 aliphatic rings. The largest absolute Gasteiger partial charge is 0.490 e. The summed E-state index contributed by atoms with van der Waals surface area (Å²) in [6.07, 6.45) is 2.28. The minimum absolute atomic E-state index is 0. The fourth-order valence-electron chi connectivity index (χ4n) is 1.77. The third-order valence-electron chi connectivity index (χ3n) is 2.65. The Hall–Kier alpha value is -0.950. The first-order chi connectivity index (χ1) is 7.79. The summed E-state index contributed by atoms with van der Waals surface area (Å²) in [5.74, 6) is 0.746. The smallest absolute Gasteiger partial charge is 0.121 e. The van der Waals surface area contributed by atoms with E-state index in [0.717, 1.165) is 31.7 Å². The minimum Gasteiger partial charge on any atom is -0.490 e. The van der Waals surface area contributed by atoms with Crippen LogP contribution in [0.2, 0.25) is 5.02 Å². The zero-order chi connectivity index (χ0) is 11.4. The fourth-order valence-corrected chi connectivity index (χ4v) is 1.98. The van der Waals surface area contributed by atoms with E-state index in [1.165, 1.54) is 0 Å². The maximum Gasteiger partial charge on any atom is 0.121 e. The molecule has 1 aromatic carbocycles. The van der Waals surface area contributed by atoms with Crippen LogP contribution in [0.15, 0.2) is 18.2 Å². The molecule has 1 N–H and O–H groups in total. The summed E-state index contributed by atoms with van der Waals surface area (Å²) in [6, 6.07) is 7.23. The molecule has 0 aromatic heterocycles. The van der Waals surface area contributed by atoms with Crippen molar-refractivity contribution in [1.29, 1.82) is 5.26 Å². The summed E-state index contributed by atoms with van der Waals surface area (Å²) in [7, 11) is 0. The van der Waals surface area contributed by atoms with Gasteiger partial charge in [0.05, 0.1) is 10.6 Å². The zero-order valence-corrected chi connectivity index (χ0v) is 10.9. The van der Waals surface area contributed by atoms with Crippen LogP contribution in [0.25, 0.3) is 0 Å². The van der Waals surface area contributed by atoms with E-state index in [-0.39, 0.29) is 18.5 Å². The number of hydrogen-bond donors (Lipinski definition) is 1. The Morgan fingerprint density at radius 2 is 2.06 bits per heavy atom. The average molecular weight is 273 g/mol. The summed E-state index contributed by atoms with van der Waals surface area (Å²) in [5.41, 5.74) is 0.485. The first-order valence-corrected chi connectivity index (χ1v) is 5.74. The van der Waals surface area contributed by atoms with Gasteiger partial charge in [0.25, 0.3) is 0 Å². The van der Waals surface area contributed by atoms with Gasteiger partial charge in [0, 0.05) is 6.07 Å². The Kier molecular flexibility index (Phi) is 5.57. The van der Waals surface area contributed by atoms with Gasteiger partial charge in [0.1, 0.15) is 17.9 Å². The van der Waals surface area contributed by atoms with E-state index in [4.69, 9.17) is 21.6 Å². The van der Waals surface area contributed by atoms with Gasteiger partial charge in [-0.15, -0.1) is 12.4 Å². The van der Waals surface area contributed by atoms with Gasteiger partial charge < -0.3 is 10.1 Å². The number of nitriles is 1. The molecule has 17 heavy (non-hydrogen) atoms. The second-order valence-electron chi connectivity index (χ2n) is 3.82. The lowest BCUT2D eigenvalue weighted by Gasteiger charge is -2.23. The van der Waals surface area contributed by atoms with Crippen molar-refractivity contribution in [2.24, 2.45) is 0 Å². The van der Waals surface area contributed by atoms with Crippen LogP contribution in [0.3, 0.4) is 0 Å². The third-order valence-corrected chi connectivity index (χ3v) is 2.96. The minimum atomic E-state index is 0. The van der Waals surface area contributed by atoms with Crippen LogP contribution in [0.5, 0.6) is 5.75 Å². The van der Waals surface area contributed by atoms with E-state index in [1.807, 2.05) is 6.07 Å². The highest BCUT2D eigenvalue weighted by atomic mass is 35.5. The molecule has 1 saturated heterocycles. The molecule has 1 aliphatic heterocycles. The van der Waals surface area contributed by atoms with Crippen LogP contribution in [-0.2, 0) is 0 Å². The second-order valence-corrected chi connectivity index (χ2v) is 4.23. The van der Waals surface area contributed by atoms with Gasteiger partial charge >= 0.3 is 0 Å². The van der Waals surface area contributed by atoms with Crippen LogP contribution in [-0.4, -0.2) is 19.2 Å². The molecular weight excluding hydrogens is 259 g/mol. The van der Waals surface area contributed by atoms with Crippen molar-refractivity contribution in [3.63, 3.8) is 0 Å². The number of piperidine rings is 1. The van der Waals surface area contributed by atoms with Crippen molar-refractivity contribution < 1.29 is 4.74 Å². The highest BCUT2D eigenvalue weighted by Gasteiger charge is 2.14. The molecule has 0 amide bonds. The standard InChI is InChI=1S/C12H13ClN2O.ClH/c13-12-7-11(2-1-9(12)8-14)16-10-3-5-15-6-4-10;/h1-2,7,10,15H,3-6H2;1H. The lowest BCUT2D eigenvalue weighted by Crippen LogP contribution is -2.34. The van der Waals surface area contributed by atoms with Gasteiger partial charge in [-0.3, -0.25) is 0 Å². The number of hydrogen-bond acceptors (Lipinski definition) is 3. The number of halogens is 2. The van der Waals surface area contributed by atoms with Crippen molar-refractivity contribution in [3.8, 4) is 11.8 Å². The maximum absolute atomic E-state index is 8.75. The van der Waals surface area contributed by atoms with Crippen LogP contribution >= 0.6 is 24.0 Å². The molecule has 5 heteroatoms. The predicted octanol–water partition coefficient (Wildman–Crippen LogP) is 2.76. The van der Waals surface area contributed by atoms with Gasteiger partial charge in [0.2, 0.25) is 0 Å². The zero-order valence-electron chi connectivity index (χ0n) is 9.28. The molecule has 1 heterocycles. The maximum atomic E-state index is 8.75.